The predicted molar refractivity (Wildman–Crippen MR) is 71.3 cm³/mol. The summed E-state index contributed by atoms with van der Waals surface area (Å²) in [7, 11) is 0. The minimum absolute atomic E-state index is 0.0176. The van der Waals surface area contributed by atoms with E-state index in [4.69, 9.17) is 4.74 Å². The Labute approximate surface area is 110 Å². The highest BCUT2D eigenvalue weighted by Gasteiger charge is 2.40. The molecule has 0 amide bonds. The summed E-state index contributed by atoms with van der Waals surface area (Å²) < 4.78 is 5.55. The normalized spacial score (nSPS) is 30.4. The van der Waals surface area contributed by atoms with E-state index in [1.54, 1.807) is 0 Å². The quantitative estimate of drug-likeness (QED) is 0.726. The molecular weight excluding hydrogens is 228 g/mol. The maximum Gasteiger partial charge on any atom is 0.311 e. The Kier molecular flexibility index (Phi) is 4.28. The van der Waals surface area contributed by atoms with Crippen molar-refractivity contribution in [2.24, 2.45) is 17.8 Å². The molecule has 2 fully saturated rings. The lowest BCUT2D eigenvalue weighted by atomic mass is 9.79. The van der Waals surface area contributed by atoms with Crippen molar-refractivity contribution in [3.05, 3.63) is 0 Å². The van der Waals surface area contributed by atoms with Crippen molar-refractivity contribution < 1.29 is 9.53 Å². The molecule has 0 spiro atoms. The van der Waals surface area contributed by atoms with Crippen LogP contribution >= 0.6 is 0 Å². The van der Waals surface area contributed by atoms with Gasteiger partial charge in [-0.25, -0.2) is 0 Å². The van der Waals surface area contributed by atoms with Crippen molar-refractivity contribution in [2.45, 2.75) is 39.2 Å². The molecule has 2 atom stereocenters. The van der Waals surface area contributed by atoms with E-state index in [-0.39, 0.29) is 17.5 Å². The predicted octanol–water partition coefficient (Wildman–Crippen LogP) is 1.16. The number of piperidine rings is 1. The van der Waals surface area contributed by atoms with Gasteiger partial charge in [0.1, 0.15) is 5.60 Å². The largest absolute Gasteiger partial charge is 0.460 e. The van der Waals surface area contributed by atoms with Crippen molar-refractivity contribution in [3.63, 3.8) is 0 Å². The molecule has 0 aromatic heterocycles. The third-order valence-electron chi connectivity index (χ3n) is 3.96. The number of carbonyl (C=O) groups is 1. The summed E-state index contributed by atoms with van der Waals surface area (Å²) in [6, 6.07) is 0. The van der Waals surface area contributed by atoms with Gasteiger partial charge >= 0.3 is 5.97 Å². The highest BCUT2D eigenvalue weighted by atomic mass is 16.6. The van der Waals surface area contributed by atoms with Crippen LogP contribution in [0.15, 0.2) is 0 Å². The molecule has 2 aliphatic rings. The monoisotopic (exact) mass is 254 g/mol. The van der Waals surface area contributed by atoms with E-state index in [0.29, 0.717) is 11.8 Å². The fourth-order valence-corrected chi connectivity index (χ4v) is 3.10. The first-order valence-electron chi connectivity index (χ1n) is 7.11. The molecule has 0 aliphatic carbocycles. The Morgan fingerprint density at radius 3 is 2.39 bits per heavy atom. The molecule has 0 aromatic carbocycles. The zero-order valence-electron chi connectivity index (χ0n) is 11.8. The molecule has 2 N–H and O–H groups in total. The number of hydrogen-bond acceptors (Lipinski definition) is 4. The van der Waals surface area contributed by atoms with Crippen LogP contribution in [0.25, 0.3) is 0 Å². The van der Waals surface area contributed by atoms with E-state index in [0.717, 1.165) is 26.2 Å². The molecule has 0 aromatic rings. The SMILES string of the molecule is CC(C)(C)OC(=O)[C@@H]1CNC[C@H]1C1CCNCC1. The molecule has 18 heavy (non-hydrogen) atoms. The van der Waals surface area contributed by atoms with Gasteiger partial charge in [-0.3, -0.25) is 4.79 Å². The Morgan fingerprint density at radius 1 is 1.11 bits per heavy atom. The van der Waals surface area contributed by atoms with Crippen LogP contribution in [-0.4, -0.2) is 37.7 Å². The molecule has 4 nitrogen and oxygen atoms in total. The highest BCUT2D eigenvalue weighted by Crippen LogP contribution is 2.32. The average Bonchev–Trinajstić information content (AvgIpc) is 2.76. The summed E-state index contributed by atoms with van der Waals surface area (Å²) in [4.78, 5) is 12.2. The third kappa shape index (κ3) is 3.45. The fraction of sp³-hybridized carbons (Fsp3) is 0.929. The van der Waals surface area contributed by atoms with Gasteiger partial charge in [0.15, 0.2) is 0 Å². The maximum absolute atomic E-state index is 12.2. The summed E-state index contributed by atoms with van der Waals surface area (Å²) >= 11 is 0. The first kappa shape index (κ1) is 13.8. The summed E-state index contributed by atoms with van der Waals surface area (Å²) in [5, 5.41) is 6.75. The molecule has 4 heteroatoms. The Balaban J connectivity index is 1.96. The van der Waals surface area contributed by atoms with Crippen molar-refractivity contribution >= 4 is 5.97 Å². The second-order valence-electron chi connectivity index (χ2n) is 6.55. The van der Waals surface area contributed by atoms with Crippen molar-refractivity contribution in [2.75, 3.05) is 26.2 Å². The first-order chi connectivity index (χ1) is 8.47. The number of rotatable bonds is 2. The lowest BCUT2D eigenvalue weighted by Gasteiger charge is -2.31. The molecule has 0 bridgehead atoms. The van der Waals surface area contributed by atoms with Gasteiger partial charge < -0.3 is 15.4 Å². The number of esters is 1. The van der Waals surface area contributed by atoms with Crippen LogP contribution in [0.3, 0.4) is 0 Å². The number of carbonyl (C=O) groups excluding carboxylic acids is 1. The lowest BCUT2D eigenvalue weighted by Crippen LogP contribution is -2.38. The number of ether oxygens (including phenoxy) is 1. The zero-order valence-corrected chi connectivity index (χ0v) is 11.8. The zero-order chi connectivity index (χ0) is 13.2. The molecule has 2 rings (SSSR count). The highest BCUT2D eigenvalue weighted by molar-refractivity contribution is 5.74. The summed E-state index contributed by atoms with van der Waals surface area (Å²) in [5.41, 5.74) is -0.377. The van der Waals surface area contributed by atoms with Crippen molar-refractivity contribution in [3.8, 4) is 0 Å². The van der Waals surface area contributed by atoms with E-state index < -0.39 is 0 Å². The van der Waals surface area contributed by atoms with Crippen LogP contribution < -0.4 is 10.6 Å². The molecular formula is C14H26N2O2. The molecule has 0 unspecified atom stereocenters. The summed E-state index contributed by atoms with van der Waals surface area (Å²) in [5.74, 6) is 1.16. The molecule has 0 saturated carbocycles. The number of hydrogen-bond donors (Lipinski definition) is 2. The van der Waals surface area contributed by atoms with Gasteiger partial charge in [0.2, 0.25) is 0 Å². The van der Waals surface area contributed by atoms with Gasteiger partial charge in [-0.2, -0.15) is 0 Å². The second-order valence-corrected chi connectivity index (χ2v) is 6.55. The smallest absolute Gasteiger partial charge is 0.311 e. The molecule has 2 heterocycles. The second kappa shape index (κ2) is 5.57. The summed E-state index contributed by atoms with van der Waals surface area (Å²) in [6.07, 6.45) is 2.37. The van der Waals surface area contributed by atoms with E-state index in [1.165, 1.54) is 12.8 Å². The average molecular weight is 254 g/mol. The Hall–Kier alpha value is -0.610. The van der Waals surface area contributed by atoms with Crippen LogP contribution in [0.5, 0.6) is 0 Å². The Bertz CT molecular complexity index is 293. The van der Waals surface area contributed by atoms with Crippen molar-refractivity contribution in [1.29, 1.82) is 0 Å². The fourth-order valence-electron chi connectivity index (χ4n) is 3.10. The maximum atomic E-state index is 12.2. The summed E-state index contributed by atoms with van der Waals surface area (Å²) in [6.45, 7) is 9.73. The lowest BCUT2D eigenvalue weighted by molar-refractivity contribution is -0.161. The van der Waals surface area contributed by atoms with E-state index >= 15 is 0 Å². The van der Waals surface area contributed by atoms with Gasteiger partial charge in [0.05, 0.1) is 5.92 Å². The van der Waals surface area contributed by atoms with Crippen LogP contribution in [0, 0.1) is 17.8 Å². The third-order valence-corrected chi connectivity index (χ3v) is 3.96. The van der Waals surface area contributed by atoms with Crippen molar-refractivity contribution in [1.82, 2.24) is 10.6 Å². The van der Waals surface area contributed by atoms with E-state index in [1.807, 2.05) is 20.8 Å². The van der Waals surface area contributed by atoms with E-state index in [2.05, 4.69) is 10.6 Å². The van der Waals surface area contributed by atoms with Gasteiger partial charge in [0, 0.05) is 6.54 Å². The van der Waals surface area contributed by atoms with Gasteiger partial charge in [-0.15, -0.1) is 0 Å². The minimum Gasteiger partial charge on any atom is -0.460 e. The van der Waals surface area contributed by atoms with Crippen LogP contribution in [-0.2, 0) is 9.53 Å². The van der Waals surface area contributed by atoms with E-state index in [9.17, 15) is 4.79 Å². The van der Waals surface area contributed by atoms with Crippen LogP contribution in [0.2, 0.25) is 0 Å². The van der Waals surface area contributed by atoms with Crippen LogP contribution in [0.4, 0.5) is 0 Å². The van der Waals surface area contributed by atoms with Gasteiger partial charge in [0.25, 0.3) is 0 Å². The Morgan fingerprint density at radius 2 is 1.78 bits per heavy atom. The van der Waals surface area contributed by atoms with Crippen LogP contribution in [0.1, 0.15) is 33.6 Å². The standard InChI is InChI=1S/C14H26N2O2/c1-14(2,3)18-13(17)12-9-16-8-11(12)10-4-6-15-7-5-10/h10-12,15-16H,4-9H2,1-3H3/t11-,12+/m0/s1. The first-order valence-corrected chi connectivity index (χ1v) is 7.11. The minimum atomic E-state index is -0.377. The molecule has 2 saturated heterocycles. The van der Waals surface area contributed by atoms with Gasteiger partial charge in [-0.05, 0) is 65.1 Å². The molecule has 2 aliphatic heterocycles. The topological polar surface area (TPSA) is 50.4 Å². The number of nitrogens with one attached hydrogen (secondary N) is 2. The molecule has 104 valence electrons. The molecule has 0 radical (unpaired) electrons. The van der Waals surface area contributed by atoms with Gasteiger partial charge in [-0.1, -0.05) is 0 Å².